The zero-order valence-corrected chi connectivity index (χ0v) is 23.2. The summed E-state index contributed by atoms with van der Waals surface area (Å²) in [5.74, 6) is 2.11. The molecular formula is C32H39N3O4. The van der Waals surface area contributed by atoms with Crippen molar-refractivity contribution in [3.05, 3.63) is 64.8 Å². The molecule has 2 aromatic carbocycles. The summed E-state index contributed by atoms with van der Waals surface area (Å²) < 4.78 is 17.4. The number of likely N-dealkylation sites (tertiary alicyclic amines) is 1. The lowest BCUT2D eigenvalue weighted by atomic mass is 9.82. The highest BCUT2D eigenvalue weighted by Gasteiger charge is 2.39. The third kappa shape index (κ3) is 5.29. The Balaban J connectivity index is 1.29. The second-order valence-corrected chi connectivity index (χ2v) is 11.4. The van der Waals surface area contributed by atoms with Gasteiger partial charge < -0.3 is 14.2 Å². The molecule has 3 aliphatic rings. The average molecular weight is 530 g/mol. The molecule has 0 radical (unpaired) electrons. The molecule has 39 heavy (non-hydrogen) atoms. The summed E-state index contributed by atoms with van der Waals surface area (Å²) in [6.45, 7) is 5.15. The number of ether oxygens (including phenoxy) is 3. The normalized spacial score (nSPS) is 20.6. The minimum atomic E-state index is -0.167. The maximum absolute atomic E-state index is 12.4. The van der Waals surface area contributed by atoms with E-state index in [0.29, 0.717) is 5.92 Å². The lowest BCUT2D eigenvalue weighted by Gasteiger charge is -2.29. The van der Waals surface area contributed by atoms with E-state index in [1.165, 1.54) is 55.0 Å². The quantitative estimate of drug-likeness (QED) is 0.340. The number of rotatable bonds is 9. The molecule has 1 N–H and O–H groups in total. The Morgan fingerprint density at radius 2 is 1.95 bits per heavy atom. The fourth-order valence-corrected chi connectivity index (χ4v) is 6.58. The van der Waals surface area contributed by atoms with E-state index in [2.05, 4.69) is 51.5 Å². The first-order valence-electron chi connectivity index (χ1n) is 14.4. The Kier molecular flexibility index (Phi) is 7.34. The molecule has 0 bridgehead atoms. The molecule has 2 fully saturated rings. The minimum Gasteiger partial charge on any atom is -0.493 e. The summed E-state index contributed by atoms with van der Waals surface area (Å²) in [6, 6.07) is 13.3. The van der Waals surface area contributed by atoms with Crippen LogP contribution in [0.25, 0.3) is 11.3 Å². The van der Waals surface area contributed by atoms with Crippen molar-refractivity contribution in [1.29, 1.82) is 0 Å². The van der Waals surface area contributed by atoms with E-state index < -0.39 is 0 Å². The van der Waals surface area contributed by atoms with E-state index in [-0.39, 0.29) is 23.9 Å². The van der Waals surface area contributed by atoms with Gasteiger partial charge in [-0.1, -0.05) is 37.3 Å². The zero-order chi connectivity index (χ0) is 26.9. The van der Waals surface area contributed by atoms with Crippen molar-refractivity contribution in [2.24, 2.45) is 11.8 Å². The Morgan fingerprint density at radius 1 is 1.13 bits per heavy atom. The fraction of sp³-hybridized carbons (Fsp3) is 0.500. The van der Waals surface area contributed by atoms with E-state index >= 15 is 0 Å². The zero-order valence-electron chi connectivity index (χ0n) is 23.2. The van der Waals surface area contributed by atoms with E-state index in [9.17, 15) is 4.79 Å². The van der Waals surface area contributed by atoms with Crippen LogP contribution < -0.4 is 9.47 Å². The van der Waals surface area contributed by atoms with E-state index in [1.807, 2.05) is 6.92 Å². The van der Waals surface area contributed by atoms with Gasteiger partial charge in [-0.3, -0.25) is 14.8 Å². The molecule has 2 aliphatic heterocycles. The number of methoxy groups -OCH3 is 2. The molecule has 0 spiro atoms. The number of hydrogen-bond donors (Lipinski definition) is 1. The average Bonchev–Trinajstić information content (AvgIpc) is 3.44. The van der Waals surface area contributed by atoms with Crippen LogP contribution in [0.2, 0.25) is 0 Å². The first-order chi connectivity index (χ1) is 19.1. The molecule has 3 heterocycles. The molecule has 7 nitrogen and oxygen atoms in total. The van der Waals surface area contributed by atoms with Crippen LogP contribution in [0.3, 0.4) is 0 Å². The lowest BCUT2D eigenvalue weighted by Crippen LogP contribution is -2.23. The van der Waals surface area contributed by atoms with E-state index in [1.54, 1.807) is 13.3 Å². The van der Waals surface area contributed by atoms with Crippen molar-refractivity contribution >= 4 is 5.97 Å². The highest BCUT2D eigenvalue weighted by atomic mass is 16.5. The number of aryl methyl sites for hydroxylation is 1. The molecular weight excluding hydrogens is 490 g/mol. The SMILES string of the molecule is COC(=O)[C@@H](C)[C@H](c1ccc2c(c1)O[C@H](c1ccc(-c3[nH]ncc3OC)c(CN3CCCC3)c1)CC2)C1CC1. The van der Waals surface area contributed by atoms with Gasteiger partial charge in [-0.05, 0) is 91.8 Å². The summed E-state index contributed by atoms with van der Waals surface area (Å²) in [6.07, 6.45) is 8.47. The molecule has 3 atom stereocenters. The van der Waals surface area contributed by atoms with Gasteiger partial charge in [0.05, 0.1) is 26.3 Å². The van der Waals surface area contributed by atoms with Crippen molar-refractivity contribution in [2.45, 2.75) is 64.0 Å². The highest BCUT2D eigenvalue weighted by Crippen LogP contribution is 2.48. The van der Waals surface area contributed by atoms with E-state index in [4.69, 9.17) is 14.2 Å². The van der Waals surface area contributed by atoms with Crippen molar-refractivity contribution in [2.75, 3.05) is 27.3 Å². The number of H-pyrrole nitrogens is 1. The second kappa shape index (κ2) is 11.0. The van der Waals surface area contributed by atoms with Crippen LogP contribution >= 0.6 is 0 Å². The van der Waals surface area contributed by atoms with Crippen molar-refractivity contribution in [1.82, 2.24) is 15.1 Å². The Hall–Kier alpha value is -3.32. The van der Waals surface area contributed by atoms with Crippen LogP contribution in [0.1, 0.15) is 73.3 Å². The maximum Gasteiger partial charge on any atom is 0.309 e. The number of fused-ring (bicyclic) bond motifs is 1. The number of nitrogens with zero attached hydrogens (tertiary/aromatic N) is 2. The van der Waals surface area contributed by atoms with Gasteiger partial charge in [-0.2, -0.15) is 5.10 Å². The smallest absolute Gasteiger partial charge is 0.309 e. The largest absolute Gasteiger partial charge is 0.493 e. The van der Waals surface area contributed by atoms with Crippen molar-refractivity contribution in [3.63, 3.8) is 0 Å². The Bertz CT molecular complexity index is 1320. The van der Waals surface area contributed by atoms with Gasteiger partial charge in [-0.15, -0.1) is 0 Å². The van der Waals surface area contributed by atoms with Gasteiger partial charge in [0, 0.05) is 12.1 Å². The highest BCUT2D eigenvalue weighted by molar-refractivity contribution is 5.73. The Labute approximate surface area is 230 Å². The van der Waals surface area contributed by atoms with Gasteiger partial charge >= 0.3 is 5.97 Å². The third-order valence-corrected chi connectivity index (χ3v) is 8.85. The molecule has 206 valence electrons. The number of carbonyl (C=O) groups is 1. The first kappa shape index (κ1) is 25.9. The van der Waals surface area contributed by atoms with Crippen LogP contribution in [-0.4, -0.2) is 48.4 Å². The molecule has 1 saturated carbocycles. The number of carbonyl (C=O) groups excluding carboxylic acids is 1. The number of aromatic amines is 1. The van der Waals surface area contributed by atoms with E-state index in [0.717, 1.165) is 55.2 Å². The summed E-state index contributed by atoms with van der Waals surface area (Å²) in [4.78, 5) is 14.9. The van der Waals surface area contributed by atoms with Gasteiger partial charge in [-0.25, -0.2) is 0 Å². The number of benzene rings is 2. The van der Waals surface area contributed by atoms with Gasteiger partial charge in [0.1, 0.15) is 17.5 Å². The first-order valence-corrected chi connectivity index (χ1v) is 14.4. The Morgan fingerprint density at radius 3 is 2.69 bits per heavy atom. The maximum atomic E-state index is 12.4. The summed E-state index contributed by atoms with van der Waals surface area (Å²) in [7, 11) is 3.17. The number of aromatic nitrogens is 2. The van der Waals surface area contributed by atoms with Crippen LogP contribution in [-0.2, 0) is 22.5 Å². The third-order valence-electron chi connectivity index (χ3n) is 8.85. The van der Waals surface area contributed by atoms with Crippen LogP contribution in [0.4, 0.5) is 0 Å². The monoisotopic (exact) mass is 529 g/mol. The second-order valence-electron chi connectivity index (χ2n) is 11.4. The van der Waals surface area contributed by atoms with Crippen LogP contribution in [0.15, 0.2) is 42.6 Å². The van der Waals surface area contributed by atoms with Crippen LogP contribution in [0, 0.1) is 11.8 Å². The van der Waals surface area contributed by atoms with Gasteiger partial charge in [0.25, 0.3) is 0 Å². The summed E-state index contributed by atoms with van der Waals surface area (Å²) >= 11 is 0. The van der Waals surface area contributed by atoms with Crippen molar-refractivity contribution < 1.29 is 19.0 Å². The predicted octanol–water partition coefficient (Wildman–Crippen LogP) is 6.05. The summed E-state index contributed by atoms with van der Waals surface area (Å²) in [5, 5.41) is 7.37. The van der Waals surface area contributed by atoms with Gasteiger partial charge in [0.2, 0.25) is 0 Å². The molecule has 7 heteroatoms. The predicted molar refractivity (Wildman–Crippen MR) is 150 cm³/mol. The number of hydrogen-bond acceptors (Lipinski definition) is 6. The fourth-order valence-electron chi connectivity index (χ4n) is 6.58. The van der Waals surface area contributed by atoms with Gasteiger partial charge in [0.15, 0.2) is 5.75 Å². The molecule has 1 aromatic heterocycles. The number of esters is 1. The number of nitrogens with one attached hydrogen (secondary N) is 1. The molecule has 0 unspecified atom stereocenters. The summed E-state index contributed by atoms with van der Waals surface area (Å²) in [5.41, 5.74) is 6.94. The molecule has 1 aliphatic carbocycles. The minimum absolute atomic E-state index is 0.0137. The van der Waals surface area contributed by atoms with Crippen LogP contribution in [0.5, 0.6) is 11.5 Å². The standard InChI is InChI=1S/C32H39N3O4/c1-20(32(36)38-3)30(22-7-8-22)24-9-6-21-11-13-27(39-28(21)17-24)23-10-12-26(31-29(37-2)18-33-34-31)25(16-23)19-35-14-4-5-15-35/h6,9-10,12,16-18,20,22,27,30H,4-5,7-8,11,13-15,19H2,1-3H3,(H,33,34)/t20-,27-,30-/m0/s1. The molecule has 1 saturated heterocycles. The topological polar surface area (TPSA) is 76.7 Å². The molecule has 0 amide bonds. The molecule has 3 aromatic rings. The van der Waals surface area contributed by atoms with Crippen molar-refractivity contribution in [3.8, 4) is 22.8 Å². The molecule has 6 rings (SSSR count). The lowest BCUT2D eigenvalue weighted by molar-refractivity contribution is -0.145.